The summed E-state index contributed by atoms with van der Waals surface area (Å²) in [6.07, 6.45) is -0.253. The minimum Gasteiger partial charge on any atom is -0.386 e. The van der Waals surface area contributed by atoms with Crippen molar-refractivity contribution in [2.75, 3.05) is 6.26 Å². The molecule has 0 aromatic heterocycles. The Kier molecular flexibility index (Phi) is 4.53. The van der Waals surface area contributed by atoms with Gasteiger partial charge in [-0.05, 0) is 19.1 Å². The SMILES string of the molecule is C[C@](Br)([C@@H](O)c1ccc(Cl)cc1Cl)S(C)(=O)=O. The highest BCUT2D eigenvalue weighted by molar-refractivity contribution is 9.11. The van der Waals surface area contributed by atoms with Gasteiger partial charge in [-0.3, -0.25) is 0 Å². The summed E-state index contributed by atoms with van der Waals surface area (Å²) in [5.41, 5.74) is 0.306. The summed E-state index contributed by atoms with van der Waals surface area (Å²) in [6.45, 7) is 1.37. The Morgan fingerprint density at radius 3 is 2.35 bits per heavy atom. The van der Waals surface area contributed by atoms with Crippen LogP contribution >= 0.6 is 39.1 Å². The molecule has 0 bridgehead atoms. The second-order valence-electron chi connectivity index (χ2n) is 3.83. The molecule has 0 heterocycles. The van der Waals surface area contributed by atoms with Gasteiger partial charge in [0.05, 0.1) is 0 Å². The fraction of sp³-hybridized carbons (Fsp3) is 0.400. The Morgan fingerprint density at radius 1 is 1.41 bits per heavy atom. The lowest BCUT2D eigenvalue weighted by Gasteiger charge is -2.27. The van der Waals surface area contributed by atoms with Gasteiger partial charge in [0.15, 0.2) is 13.5 Å². The molecule has 1 aromatic rings. The molecule has 0 fully saturated rings. The maximum absolute atomic E-state index is 11.6. The quantitative estimate of drug-likeness (QED) is 0.841. The third-order valence-electron chi connectivity index (χ3n) is 2.47. The highest BCUT2D eigenvalue weighted by Gasteiger charge is 2.41. The van der Waals surface area contributed by atoms with Crippen LogP contribution in [0, 0.1) is 0 Å². The summed E-state index contributed by atoms with van der Waals surface area (Å²) in [5.74, 6) is 0. The largest absolute Gasteiger partial charge is 0.386 e. The zero-order valence-electron chi connectivity index (χ0n) is 9.12. The average Bonchev–Trinajstić information content (AvgIpc) is 2.14. The fourth-order valence-corrected chi connectivity index (χ4v) is 2.49. The third-order valence-corrected chi connectivity index (χ3v) is 6.90. The predicted molar refractivity (Wildman–Crippen MR) is 73.6 cm³/mol. The number of benzene rings is 1. The summed E-state index contributed by atoms with van der Waals surface area (Å²) < 4.78 is 21.6. The van der Waals surface area contributed by atoms with Crippen molar-refractivity contribution in [2.24, 2.45) is 0 Å². The van der Waals surface area contributed by atoms with Gasteiger partial charge in [-0.25, -0.2) is 8.42 Å². The number of hydrogen-bond donors (Lipinski definition) is 1. The van der Waals surface area contributed by atoms with Gasteiger partial charge in [0.2, 0.25) is 0 Å². The van der Waals surface area contributed by atoms with Crippen LogP contribution in [0.4, 0.5) is 0 Å². The van der Waals surface area contributed by atoms with Gasteiger partial charge in [0.25, 0.3) is 0 Å². The smallest absolute Gasteiger partial charge is 0.165 e. The summed E-state index contributed by atoms with van der Waals surface area (Å²) in [6, 6.07) is 4.49. The maximum Gasteiger partial charge on any atom is 0.165 e. The van der Waals surface area contributed by atoms with E-state index in [2.05, 4.69) is 15.9 Å². The monoisotopic (exact) mass is 360 g/mol. The number of halogens is 3. The predicted octanol–water partition coefficient (Wildman–Crippen LogP) is 3.18. The van der Waals surface area contributed by atoms with Crippen LogP contribution in [0.3, 0.4) is 0 Å². The minimum absolute atomic E-state index is 0.222. The summed E-state index contributed by atoms with van der Waals surface area (Å²) in [5, 5.41) is 10.7. The normalized spacial score (nSPS) is 17.5. The molecular formula is C10H11BrCl2O3S. The van der Waals surface area contributed by atoms with Crippen LogP contribution in [0.25, 0.3) is 0 Å². The molecule has 0 aliphatic rings. The molecular weight excluding hydrogens is 351 g/mol. The van der Waals surface area contributed by atoms with E-state index in [0.717, 1.165) is 6.26 Å². The van der Waals surface area contributed by atoms with Gasteiger partial charge in [-0.2, -0.15) is 0 Å². The molecule has 3 nitrogen and oxygen atoms in total. The fourth-order valence-electron chi connectivity index (χ4n) is 1.20. The number of hydrogen-bond acceptors (Lipinski definition) is 3. The van der Waals surface area contributed by atoms with Crippen LogP contribution in [0.1, 0.15) is 18.6 Å². The van der Waals surface area contributed by atoms with Gasteiger partial charge in [0, 0.05) is 21.9 Å². The average molecular weight is 362 g/mol. The molecule has 1 N–H and O–H groups in total. The van der Waals surface area contributed by atoms with E-state index in [9.17, 15) is 13.5 Å². The Hall–Kier alpha value is 0.190. The molecule has 0 spiro atoms. The van der Waals surface area contributed by atoms with E-state index in [4.69, 9.17) is 23.2 Å². The maximum atomic E-state index is 11.6. The topological polar surface area (TPSA) is 54.4 Å². The molecule has 0 saturated carbocycles. The lowest BCUT2D eigenvalue weighted by molar-refractivity contribution is 0.168. The van der Waals surface area contributed by atoms with Gasteiger partial charge in [-0.15, -0.1) is 0 Å². The Morgan fingerprint density at radius 2 is 1.94 bits per heavy atom. The highest BCUT2D eigenvalue weighted by Crippen LogP contribution is 2.40. The van der Waals surface area contributed by atoms with Crippen LogP contribution in [-0.2, 0) is 9.84 Å². The molecule has 1 aromatic carbocycles. The number of sulfone groups is 1. The summed E-state index contributed by atoms with van der Waals surface area (Å²) >= 11 is 14.7. The van der Waals surface area contributed by atoms with Crippen LogP contribution in [0.5, 0.6) is 0 Å². The zero-order valence-corrected chi connectivity index (χ0v) is 13.0. The first-order valence-corrected chi connectivity index (χ1v) is 8.03. The molecule has 17 heavy (non-hydrogen) atoms. The van der Waals surface area contributed by atoms with Gasteiger partial charge in [0.1, 0.15) is 6.10 Å². The number of aliphatic hydroxyl groups excluding tert-OH is 1. The van der Waals surface area contributed by atoms with E-state index in [1.165, 1.54) is 25.1 Å². The first-order valence-electron chi connectivity index (χ1n) is 4.59. The first kappa shape index (κ1) is 15.2. The first-order chi connectivity index (χ1) is 7.57. The number of alkyl halides is 1. The van der Waals surface area contributed by atoms with Crippen molar-refractivity contribution >= 4 is 49.0 Å². The van der Waals surface area contributed by atoms with E-state index in [-0.39, 0.29) is 5.02 Å². The molecule has 0 amide bonds. The second kappa shape index (κ2) is 5.05. The summed E-state index contributed by atoms with van der Waals surface area (Å²) in [4.78, 5) is 0. The molecule has 7 heteroatoms. The van der Waals surface area contributed by atoms with E-state index >= 15 is 0 Å². The molecule has 0 aliphatic carbocycles. The van der Waals surface area contributed by atoms with Gasteiger partial charge in [-0.1, -0.05) is 45.2 Å². The van der Waals surface area contributed by atoms with Crippen molar-refractivity contribution in [1.82, 2.24) is 0 Å². The van der Waals surface area contributed by atoms with Crippen molar-refractivity contribution in [2.45, 2.75) is 16.7 Å². The lowest BCUT2D eigenvalue weighted by Crippen LogP contribution is -2.34. The van der Waals surface area contributed by atoms with E-state index in [1.807, 2.05) is 0 Å². The van der Waals surface area contributed by atoms with Crippen molar-refractivity contribution in [3.8, 4) is 0 Å². The van der Waals surface area contributed by atoms with E-state index in [1.54, 1.807) is 0 Å². The van der Waals surface area contributed by atoms with Crippen molar-refractivity contribution < 1.29 is 13.5 Å². The van der Waals surface area contributed by atoms with E-state index in [0.29, 0.717) is 10.6 Å². The number of rotatable bonds is 3. The van der Waals surface area contributed by atoms with Crippen LogP contribution < -0.4 is 0 Å². The summed E-state index contributed by atoms with van der Waals surface area (Å²) in [7, 11) is -3.50. The standard InChI is InChI=1S/C10H11BrCl2O3S/c1-10(11,17(2,15)16)9(14)7-4-3-6(12)5-8(7)13/h3-5,9,14H,1-2H3/t9-,10+/m0/s1. The zero-order chi connectivity index (χ0) is 13.4. The Balaban J connectivity index is 3.26. The van der Waals surface area contributed by atoms with Crippen molar-refractivity contribution in [1.29, 1.82) is 0 Å². The molecule has 2 atom stereocenters. The second-order valence-corrected chi connectivity index (χ2v) is 9.23. The van der Waals surface area contributed by atoms with Crippen LogP contribution in [0.2, 0.25) is 10.0 Å². The van der Waals surface area contributed by atoms with Gasteiger partial charge < -0.3 is 5.11 Å². The minimum atomic E-state index is -3.50. The molecule has 0 aliphatic heterocycles. The molecule has 96 valence electrons. The third kappa shape index (κ3) is 3.15. The lowest BCUT2D eigenvalue weighted by atomic mass is 10.1. The van der Waals surface area contributed by atoms with Crippen molar-refractivity contribution in [3.05, 3.63) is 33.8 Å². The van der Waals surface area contributed by atoms with E-state index < -0.39 is 19.6 Å². The Labute approximate surface area is 119 Å². The molecule has 0 saturated heterocycles. The Bertz CT molecular complexity index is 528. The molecule has 1 rings (SSSR count). The van der Waals surface area contributed by atoms with Crippen LogP contribution in [0.15, 0.2) is 18.2 Å². The molecule has 0 radical (unpaired) electrons. The molecule has 0 unspecified atom stereocenters. The highest BCUT2D eigenvalue weighted by atomic mass is 79.9. The van der Waals surface area contributed by atoms with Crippen LogP contribution in [-0.4, -0.2) is 23.4 Å². The number of aliphatic hydroxyl groups is 1. The van der Waals surface area contributed by atoms with Gasteiger partial charge >= 0.3 is 0 Å². The van der Waals surface area contributed by atoms with Crippen molar-refractivity contribution in [3.63, 3.8) is 0 Å².